The highest BCUT2D eigenvalue weighted by molar-refractivity contribution is 5.99. The van der Waals surface area contributed by atoms with E-state index < -0.39 is 0 Å². The monoisotopic (exact) mass is 385 g/mol. The Hall–Kier alpha value is -2.78. The van der Waals surface area contributed by atoms with Gasteiger partial charge in [-0.1, -0.05) is 12.1 Å². The van der Waals surface area contributed by atoms with Crippen LogP contribution in [0.25, 0.3) is 22.3 Å². The van der Waals surface area contributed by atoms with Crippen LogP contribution in [0.3, 0.4) is 0 Å². The summed E-state index contributed by atoms with van der Waals surface area (Å²) in [5.74, 6) is 0.625. The van der Waals surface area contributed by atoms with Gasteiger partial charge in [-0.05, 0) is 12.1 Å². The molecular weight excluding hydrogens is 361 g/mol. The van der Waals surface area contributed by atoms with Crippen molar-refractivity contribution in [3.8, 4) is 11.3 Å². The van der Waals surface area contributed by atoms with E-state index in [0.29, 0.717) is 40.7 Å². The van der Waals surface area contributed by atoms with Gasteiger partial charge in [-0.25, -0.2) is 9.37 Å². The lowest BCUT2D eigenvalue weighted by molar-refractivity contribution is 0.144. The number of methoxy groups -OCH3 is 1. The van der Waals surface area contributed by atoms with Crippen LogP contribution in [-0.2, 0) is 11.8 Å². The molecular formula is C19H24FN7O. The van der Waals surface area contributed by atoms with Gasteiger partial charge in [0.15, 0.2) is 5.65 Å². The Kier molecular flexibility index (Phi) is 5.10. The van der Waals surface area contributed by atoms with E-state index in [1.807, 2.05) is 0 Å². The summed E-state index contributed by atoms with van der Waals surface area (Å²) in [4.78, 5) is 13.8. The summed E-state index contributed by atoms with van der Waals surface area (Å²) in [7, 11) is 3.46. The molecule has 2 N–H and O–H groups in total. The van der Waals surface area contributed by atoms with E-state index in [4.69, 9.17) is 15.5 Å². The second-order valence-electron chi connectivity index (χ2n) is 6.88. The lowest BCUT2D eigenvalue weighted by Crippen LogP contribution is -2.47. The number of anilines is 2. The van der Waals surface area contributed by atoms with E-state index in [0.717, 1.165) is 32.7 Å². The van der Waals surface area contributed by atoms with E-state index >= 15 is 0 Å². The Morgan fingerprint density at radius 1 is 1.14 bits per heavy atom. The molecule has 0 saturated carbocycles. The first-order valence-electron chi connectivity index (χ1n) is 9.30. The van der Waals surface area contributed by atoms with Crippen LogP contribution in [-0.4, -0.2) is 71.1 Å². The molecule has 4 rings (SSSR count). The number of ether oxygens (including phenoxy) is 1. The second-order valence-corrected chi connectivity index (χ2v) is 6.88. The van der Waals surface area contributed by atoms with Crippen molar-refractivity contribution in [1.82, 2.24) is 24.6 Å². The molecule has 0 amide bonds. The number of nitrogens with two attached hydrogens (primary N) is 1. The highest BCUT2D eigenvalue weighted by Crippen LogP contribution is 2.33. The van der Waals surface area contributed by atoms with Crippen molar-refractivity contribution in [1.29, 1.82) is 0 Å². The smallest absolute Gasteiger partial charge is 0.228 e. The van der Waals surface area contributed by atoms with Crippen LogP contribution in [0.5, 0.6) is 0 Å². The van der Waals surface area contributed by atoms with Gasteiger partial charge < -0.3 is 15.4 Å². The second kappa shape index (κ2) is 7.69. The fraction of sp³-hybridized carbons (Fsp3) is 0.421. The summed E-state index contributed by atoms with van der Waals surface area (Å²) in [5.41, 5.74) is 7.54. The standard InChI is InChI=1S/C19H24FN7O/c1-25-17(21)15-16(13-5-3-4-6-14(13)20)22-19(23-18(15)24-25)27-9-7-26(8-10-27)11-12-28-2/h3-6H,7-12,21H2,1-2H3. The topological polar surface area (TPSA) is 85.3 Å². The molecule has 0 bridgehead atoms. The van der Waals surface area contributed by atoms with Crippen LogP contribution >= 0.6 is 0 Å². The van der Waals surface area contributed by atoms with E-state index in [1.54, 1.807) is 37.0 Å². The predicted molar refractivity (Wildman–Crippen MR) is 107 cm³/mol. The molecule has 0 spiro atoms. The molecule has 1 saturated heterocycles. The van der Waals surface area contributed by atoms with Gasteiger partial charge in [-0.2, -0.15) is 10.1 Å². The van der Waals surface area contributed by atoms with Crippen LogP contribution in [0.2, 0.25) is 0 Å². The number of hydrogen-bond acceptors (Lipinski definition) is 7. The van der Waals surface area contributed by atoms with Gasteiger partial charge in [-0.15, -0.1) is 0 Å². The highest BCUT2D eigenvalue weighted by atomic mass is 19.1. The third kappa shape index (κ3) is 3.38. The maximum Gasteiger partial charge on any atom is 0.228 e. The quantitative estimate of drug-likeness (QED) is 0.713. The Labute approximate surface area is 162 Å². The minimum atomic E-state index is -0.346. The molecule has 0 atom stereocenters. The average Bonchev–Trinajstić information content (AvgIpc) is 3.00. The molecule has 1 aliphatic rings. The summed E-state index contributed by atoms with van der Waals surface area (Å²) in [6.45, 7) is 4.98. The Morgan fingerprint density at radius 3 is 2.61 bits per heavy atom. The zero-order chi connectivity index (χ0) is 19.7. The van der Waals surface area contributed by atoms with Crippen molar-refractivity contribution in [2.24, 2.45) is 7.05 Å². The molecule has 0 unspecified atom stereocenters. The zero-order valence-corrected chi connectivity index (χ0v) is 16.1. The molecule has 9 heteroatoms. The molecule has 1 aromatic carbocycles. The molecule has 3 aromatic rings. The van der Waals surface area contributed by atoms with Crippen LogP contribution in [0.15, 0.2) is 24.3 Å². The molecule has 28 heavy (non-hydrogen) atoms. The van der Waals surface area contributed by atoms with Gasteiger partial charge in [0, 0.05) is 52.4 Å². The fourth-order valence-corrected chi connectivity index (χ4v) is 3.48. The maximum absolute atomic E-state index is 14.5. The SMILES string of the molecule is COCCN1CCN(c2nc(-c3ccccc3F)c3c(N)n(C)nc3n2)CC1. The van der Waals surface area contributed by atoms with Crippen molar-refractivity contribution in [3.05, 3.63) is 30.1 Å². The first-order chi connectivity index (χ1) is 13.6. The van der Waals surface area contributed by atoms with E-state index in [9.17, 15) is 4.39 Å². The number of benzene rings is 1. The average molecular weight is 385 g/mol. The van der Waals surface area contributed by atoms with E-state index in [-0.39, 0.29) is 5.82 Å². The molecule has 0 radical (unpaired) electrons. The van der Waals surface area contributed by atoms with Gasteiger partial charge in [0.25, 0.3) is 0 Å². The third-order valence-electron chi connectivity index (χ3n) is 5.12. The molecule has 148 valence electrons. The van der Waals surface area contributed by atoms with Crippen molar-refractivity contribution < 1.29 is 9.13 Å². The number of nitrogen functional groups attached to an aromatic ring is 1. The van der Waals surface area contributed by atoms with Crippen LogP contribution < -0.4 is 10.6 Å². The van der Waals surface area contributed by atoms with Crippen LogP contribution in [0, 0.1) is 5.82 Å². The summed E-state index contributed by atoms with van der Waals surface area (Å²) < 4.78 is 21.2. The number of rotatable bonds is 5. The summed E-state index contributed by atoms with van der Waals surface area (Å²) in [5, 5.41) is 4.98. The van der Waals surface area contributed by atoms with Crippen LogP contribution in [0.1, 0.15) is 0 Å². The Morgan fingerprint density at radius 2 is 1.89 bits per heavy atom. The molecule has 2 aromatic heterocycles. The first kappa shape index (κ1) is 18.6. The number of piperazine rings is 1. The van der Waals surface area contributed by atoms with Crippen LogP contribution in [0.4, 0.5) is 16.2 Å². The zero-order valence-electron chi connectivity index (χ0n) is 16.1. The van der Waals surface area contributed by atoms with Gasteiger partial charge in [-0.3, -0.25) is 9.58 Å². The van der Waals surface area contributed by atoms with E-state index in [2.05, 4.69) is 19.9 Å². The van der Waals surface area contributed by atoms with Gasteiger partial charge in [0.1, 0.15) is 11.6 Å². The summed E-state index contributed by atoms with van der Waals surface area (Å²) >= 11 is 0. The number of hydrogen-bond donors (Lipinski definition) is 1. The Bertz CT molecular complexity index is 982. The summed E-state index contributed by atoms with van der Waals surface area (Å²) in [6.07, 6.45) is 0. The number of aromatic nitrogens is 4. The van der Waals surface area contributed by atoms with Crippen molar-refractivity contribution in [3.63, 3.8) is 0 Å². The number of halogens is 1. The van der Waals surface area contributed by atoms with Crippen molar-refractivity contribution in [2.45, 2.75) is 0 Å². The highest BCUT2D eigenvalue weighted by Gasteiger charge is 2.24. The van der Waals surface area contributed by atoms with Gasteiger partial charge in [0.05, 0.1) is 17.7 Å². The largest absolute Gasteiger partial charge is 0.383 e. The lowest BCUT2D eigenvalue weighted by atomic mass is 10.1. The number of aryl methyl sites for hydroxylation is 1. The summed E-state index contributed by atoms with van der Waals surface area (Å²) in [6, 6.07) is 6.57. The third-order valence-corrected chi connectivity index (χ3v) is 5.12. The molecule has 3 heterocycles. The van der Waals surface area contributed by atoms with Crippen molar-refractivity contribution >= 4 is 22.8 Å². The Balaban J connectivity index is 1.72. The fourth-order valence-electron chi connectivity index (χ4n) is 3.48. The van der Waals surface area contributed by atoms with Crippen molar-refractivity contribution in [2.75, 3.05) is 57.1 Å². The maximum atomic E-state index is 14.5. The van der Waals surface area contributed by atoms with E-state index in [1.165, 1.54) is 6.07 Å². The lowest BCUT2D eigenvalue weighted by Gasteiger charge is -2.34. The minimum Gasteiger partial charge on any atom is -0.383 e. The number of nitrogens with zero attached hydrogens (tertiary/aromatic N) is 6. The minimum absolute atomic E-state index is 0.346. The molecule has 1 aliphatic heterocycles. The molecule has 8 nitrogen and oxygen atoms in total. The predicted octanol–water partition coefficient (Wildman–Crippen LogP) is 1.52. The van der Waals surface area contributed by atoms with Gasteiger partial charge >= 0.3 is 0 Å². The molecule has 1 fully saturated rings. The normalized spacial score (nSPS) is 15.5. The molecule has 0 aliphatic carbocycles. The number of fused-ring (bicyclic) bond motifs is 1. The first-order valence-corrected chi connectivity index (χ1v) is 9.30. The van der Waals surface area contributed by atoms with Gasteiger partial charge in [0.2, 0.25) is 5.95 Å².